The summed E-state index contributed by atoms with van der Waals surface area (Å²) in [6.07, 6.45) is 4.41. The summed E-state index contributed by atoms with van der Waals surface area (Å²) in [7, 11) is -8.12. The van der Waals surface area contributed by atoms with Crippen LogP contribution in [0.4, 0.5) is 0 Å². The van der Waals surface area contributed by atoms with E-state index in [0.29, 0.717) is 41.1 Å². The van der Waals surface area contributed by atoms with Gasteiger partial charge in [-0.15, -0.1) is 0 Å². The third-order valence-electron chi connectivity index (χ3n) is 5.64. The van der Waals surface area contributed by atoms with Crippen molar-refractivity contribution in [3.63, 3.8) is 0 Å². The fraction of sp³-hybridized carbons (Fsp3) is 0.182. The summed E-state index contributed by atoms with van der Waals surface area (Å²) < 4.78 is 58.4. The van der Waals surface area contributed by atoms with Crippen LogP contribution < -0.4 is 9.44 Å². The van der Waals surface area contributed by atoms with Crippen LogP contribution in [0.2, 0.25) is 0 Å². The van der Waals surface area contributed by atoms with Crippen LogP contribution in [0.3, 0.4) is 0 Å². The van der Waals surface area contributed by atoms with Gasteiger partial charge in [-0.1, -0.05) is 36.4 Å². The molecule has 32 heavy (non-hydrogen) atoms. The Morgan fingerprint density at radius 1 is 0.656 bits per heavy atom. The highest BCUT2D eigenvalue weighted by Crippen LogP contribution is 2.34. The topological polar surface area (TPSA) is 118 Å². The number of pyridine rings is 2. The van der Waals surface area contributed by atoms with Gasteiger partial charge in [0.25, 0.3) is 0 Å². The standard InChI is InChI=1S/C22H20N4O4S2/c27-31(28,18-10-1-6-16-8-3-14-23-20(16)18)25-22(12-5-13-22)26-32(29,30)19-11-2-7-17-9-4-15-24-21(17)19/h1-4,6-11,14-15,25-26H,5,12-13H2. The predicted molar refractivity (Wildman–Crippen MR) is 121 cm³/mol. The first-order valence-corrected chi connectivity index (χ1v) is 13.0. The van der Waals surface area contributed by atoms with Crippen molar-refractivity contribution in [3.05, 3.63) is 73.1 Å². The van der Waals surface area contributed by atoms with Gasteiger partial charge in [-0.25, -0.2) is 16.8 Å². The van der Waals surface area contributed by atoms with E-state index in [1.54, 1.807) is 48.5 Å². The largest absolute Gasteiger partial charge is 0.255 e. The van der Waals surface area contributed by atoms with Crippen molar-refractivity contribution >= 4 is 41.9 Å². The molecule has 0 aliphatic heterocycles. The molecule has 5 rings (SSSR count). The van der Waals surface area contributed by atoms with E-state index in [2.05, 4.69) is 19.4 Å². The van der Waals surface area contributed by atoms with Gasteiger partial charge in [-0.05, 0) is 43.5 Å². The second-order valence-electron chi connectivity index (χ2n) is 7.81. The second-order valence-corrected chi connectivity index (χ2v) is 11.1. The smallest absolute Gasteiger partial charge is 0.244 e. The molecule has 0 unspecified atom stereocenters. The fourth-order valence-electron chi connectivity index (χ4n) is 3.97. The number of para-hydroxylation sites is 2. The van der Waals surface area contributed by atoms with Gasteiger partial charge in [0.05, 0.1) is 16.7 Å². The number of fused-ring (bicyclic) bond motifs is 2. The average molecular weight is 469 g/mol. The number of rotatable bonds is 6. The van der Waals surface area contributed by atoms with Crippen molar-refractivity contribution in [1.29, 1.82) is 0 Å². The number of hydrogen-bond donors (Lipinski definition) is 2. The monoisotopic (exact) mass is 468 g/mol. The van der Waals surface area contributed by atoms with Gasteiger partial charge in [0.1, 0.15) is 9.79 Å². The molecule has 2 heterocycles. The van der Waals surface area contributed by atoms with E-state index >= 15 is 0 Å². The zero-order valence-corrected chi connectivity index (χ0v) is 18.5. The van der Waals surface area contributed by atoms with Gasteiger partial charge < -0.3 is 0 Å². The van der Waals surface area contributed by atoms with Gasteiger partial charge in [-0.2, -0.15) is 9.44 Å². The average Bonchev–Trinajstić information content (AvgIpc) is 2.76. The molecule has 0 amide bonds. The van der Waals surface area contributed by atoms with Crippen molar-refractivity contribution in [2.24, 2.45) is 0 Å². The summed E-state index contributed by atoms with van der Waals surface area (Å²) in [6.45, 7) is 0. The summed E-state index contributed by atoms with van der Waals surface area (Å²) in [6, 6.07) is 16.8. The molecule has 164 valence electrons. The fourth-order valence-corrected chi connectivity index (χ4v) is 7.16. The third-order valence-corrected chi connectivity index (χ3v) is 8.77. The molecule has 0 bridgehead atoms. The van der Waals surface area contributed by atoms with E-state index in [4.69, 9.17) is 0 Å². The maximum absolute atomic E-state index is 13.3. The Hall–Kier alpha value is -2.92. The molecule has 0 radical (unpaired) electrons. The van der Waals surface area contributed by atoms with Crippen LogP contribution in [0.1, 0.15) is 19.3 Å². The highest BCUT2D eigenvalue weighted by atomic mass is 32.2. The number of hydrogen-bond acceptors (Lipinski definition) is 6. The molecule has 1 fully saturated rings. The molecule has 0 saturated heterocycles. The third kappa shape index (κ3) is 3.65. The lowest BCUT2D eigenvalue weighted by Crippen LogP contribution is -2.64. The Balaban J connectivity index is 1.51. The number of benzene rings is 2. The Bertz CT molecular complexity index is 1430. The lowest BCUT2D eigenvalue weighted by Gasteiger charge is -2.42. The van der Waals surface area contributed by atoms with Crippen molar-refractivity contribution < 1.29 is 16.8 Å². The van der Waals surface area contributed by atoms with E-state index in [1.807, 2.05) is 0 Å². The highest BCUT2D eigenvalue weighted by Gasteiger charge is 2.44. The zero-order chi connectivity index (χ0) is 22.4. The molecular weight excluding hydrogens is 448 g/mol. The van der Waals surface area contributed by atoms with Gasteiger partial charge >= 0.3 is 0 Å². The van der Waals surface area contributed by atoms with Gasteiger partial charge in [0.15, 0.2) is 0 Å². The maximum atomic E-state index is 13.3. The highest BCUT2D eigenvalue weighted by molar-refractivity contribution is 7.90. The molecule has 0 spiro atoms. The summed E-state index contributed by atoms with van der Waals surface area (Å²) in [5, 5.41) is 1.36. The van der Waals surface area contributed by atoms with E-state index in [1.165, 1.54) is 24.5 Å². The summed E-state index contributed by atoms with van der Waals surface area (Å²) in [4.78, 5) is 8.44. The maximum Gasteiger partial charge on any atom is 0.244 e. The lowest BCUT2D eigenvalue weighted by molar-refractivity contribution is 0.204. The van der Waals surface area contributed by atoms with Crippen LogP contribution >= 0.6 is 0 Å². The van der Waals surface area contributed by atoms with Crippen LogP contribution in [0.25, 0.3) is 21.8 Å². The normalized spacial score (nSPS) is 16.1. The summed E-state index contributed by atoms with van der Waals surface area (Å²) in [5.74, 6) is 0. The Kier molecular flexibility index (Phi) is 4.97. The molecule has 4 aromatic rings. The first kappa shape index (κ1) is 21.0. The quantitative estimate of drug-likeness (QED) is 0.420. The molecule has 10 heteroatoms. The van der Waals surface area contributed by atoms with Crippen molar-refractivity contribution in [2.75, 3.05) is 0 Å². The summed E-state index contributed by atoms with van der Waals surface area (Å²) in [5.41, 5.74) is -0.651. The minimum Gasteiger partial charge on any atom is -0.255 e. The molecule has 0 atom stereocenters. The molecule has 2 aromatic carbocycles. The summed E-state index contributed by atoms with van der Waals surface area (Å²) >= 11 is 0. The molecule has 1 aliphatic carbocycles. The zero-order valence-electron chi connectivity index (χ0n) is 16.9. The number of nitrogens with one attached hydrogen (secondary N) is 2. The Labute approximate surface area is 185 Å². The van der Waals surface area contributed by atoms with Gasteiger partial charge in [0, 0.05) is 23.2 Å². The first-order valence-electron chi connectivity index (χ1n) is 10.1. The molecular formula is C22H20N4O4S2. The molecule has 8 nitrogen and oxygen atoms in total. The first-order chi connectivity index (χ1) is 15.3. The lowest BCUT2D eigenvalue weighted by atomic mass is 9.87. The van der Waals surface area contributed by atoms with E-state index in [-0.39, 0.29) is 9.79 Å². The van der Waals surface area contributed by atoms with Crippen molar-refractivity contribution in [3.8, 4) is 0 Å². The predicted octanol–water partition coefficient (Wildman–Crippen LogP) is 2.92. The molecule has 1 aliphatic rings. The van der Waals surface area contributed by atoms with Gasteiger partial charge in [-0.3, -0.25) is 9.97 Å². The van der Waals surface area contributed by atoms with E-state index in [9.17, 15) is 16.8 Å². The Morgan fingerprint density at radius 2 is 1.09 bits per heavy atom. The van der Waals surface area contributed by atoms with Crippen LogP contribution in [-0.2, 0) is 20.0 Å². The number of aromatic nitrogens is 2. The van der Waals surface area contributed by atoms with E-state index < -0.39 is 25.7 Å². The van der Waals surface area contributed by atoms with Gasteiger partial charge in [0.2, 0.25) is 20.0 Å². The minimum atomic E-state index is -4.06. The van der Waals surface area contributed by atoms with Crippen molar-refractivity contribution in [1.82, 2.24) is 19.4 Å². The number of sulfonamides is 2. The molecule has 2 N–H and O–H groups in total. The Morgan fingerprint density at radius 3 is 1.50 bits per heavy atom. The van der Waals surface area contributed by atoms with E-state index in [0.717, 1.165) is 0 Å². The SMILES string of the molecule is O=S(=O)(NC1(NS(=O)(=O)c2cccc3cccnc23)CCC1)c1cccc2cccnc12. The minimum absolute atomic E-state index is 0.00732. The van der Waals surface area contributed by atoms with Crippen LogP contribution in [0.5, 0.6) is 0 Å². The second kappa shape index (κ2) is 7.59. The molecule has 2 aromatic heterocycles. The van der Waals surface area contributed by atoms with Crippen LogP contribution in [0, 0.1) is 0 Å². The van der Waals surface area contributed by atoms with Crippen LogP contribution in [0.15, 0.2) is 82.8 Å². The van der Waals surface area contributed by atoms with Crippen LogP contribution in [-0.4, -0.2) is 32.5 Å². The van der Waals surface area contributed by atoms with Crippen molar-refractivity contribution in [2.45, 2.75) is 34.7 Å². The number of nitrogens with zero attached hydrogens (tertiary/aromatic N) is 2. The molecule has 1 saturated carbocycles.